The number of aromatic hydroxyl groups is 1. The Labute approximate surface area is 115 Å². The van der Waals surface area contributed by atoms with E-state index in [1.165, 1.54) is 0 Å². The fourth-order valence-corrected chi connectivity index (χ4v) is 2.55. The van der Waals surface area contributed by atoms with Crippen LogP contribution >= 0.6 is 0 Å². The van der Waals surface area contributed by atoms with Gasteiger partial charge in [0.05, 0.1) is 17.8 Å². The molecule has 0 radical (unpaired) electrons. The van der Waals surface area contributed by atoms with E-state index in [1.54, 1.807) is 18.3 Å². The largest absolute Gasteiger partial charge is 0.508 e. The molecule has 0 spiro atoms. The number of phenolic OH excluding ortho intramolecular Hbond substituents is 1. The van der Waals surface area contributed by atoms with Crippen LogP contribution in [0.2, 0.25) is 0 Å². The van der Waals surface area contributed by atoms with E-state index in [4.69, 9.17) is 4.74 Å². The molecular formula is C15H13N3O2. The van der Waals surface area contributed by atoms with Crippen LogP contribution in [0.25, 0.3) is 10.9 Å². The highest BCUT2D eigenvalue weighted by atomic mass is 16.5. The normalized spacial score (nSPS) is 16.9. The van der Waals surface area contributed by atoms with Crippen LogP contribution in [0.5, 0.6) is 11.5 Å². The van der Waals surface area contributed by atoms with Gasteiger partial charge in [-0.15, -0.1) is 0 Å². The molecule has 0 fully saturated rings. The van der Waals surface area contributed by atoms with Crippen molar-refractivity contribution in [3.05, 3.63) is 48.2 Å². The van der Waals surface area contributed by atoms with Gasteiger partial charge in [-0.2, -0.15) is 5.10 Å². The minimum atomic E-state index is 0.0889. The van der Waals surface area contributed by atoms with Gasteiger partial charge in [0.2, 0.25) is 0 Å². The predicted molar refractivity (Wildman–Crippen MR) is 76.1 cm³/mol. The molecule has 3 aromatic rings. The lowest BCUT2D eigenvalue weighted by Gasteiger charge is -2.13. The summed E-state index contributed by atoms with van der Waals surface area (Å²) in [5, 5.41) is 21.0. The maximum atomic E-state index is 9.46. The van der Waals surface area contributed by atoms with Crippen LogP contribution in [0.4, 0.5) is 5.69 Å². The number of rotatable bonds is 2. The molecule has 0 aliphatic carbocycles. The van der Waals surface area contributed by atoms with Gasteiger partial charge in [0.1, 0.15) is 18.1 Å². The average Bonchev–Trinajstić information content (AvgIpc) is 3.05. The molecule has 100 valence electrons. The number of phenols is 1. The van der Waals surface area contributed by atoms with Crippen LogP contribution in [-0.4, -0.2) is 21.9 Å². The lowest BCUT2D eigenvalue weighted by molar-refractivity contribution is 0.338. The number of nitrogens with zero attached hydrogens (tertiary/aromatic N) is 1. The van der Waals surface area contributed by atoms with Gasteiger partial charge in [-0.25, -0.2) is 0 Å². The molecule has 0 amide bonds. The Morgan fingerprint density at radius 2 is 2.20 bits per heavy atom. The summed E-state index contributed by atoms with van der Waals surface area (Å²) < 4.78 is 5.59. The number of aromatic amines is 1. The maximum Gasteiger partial charge on any atom is 0.128 e. The number of hydrogen-bond acceptors (Lipinski definition) is 4. The summed E-state index contributed by atoms with van der Waals surface area (Å²) in [6.07, 6.45) is 1.80. The monoisotopic (exact) mass is 267 g/mol. The second kappa shape index (κ2) is 4.16. The maximum absolute atomic E-state index is 9.46. The van der Waals surface area contributed by atoms with Gasteiger partial charge < -0.3 is 15.2 Å². The Morgan fingerprint density at radius 3 is 3.15 bits per heavy atom. The molecule has 2 heterocycles. The molecular weight excluding hydrogens is 254 g/mol. The van der Waals surface area contributed by atoms with Crippen LogP contribution in [0.15, 0.2) is 42.6 Å². The van der Waals surface area contributed by atoms with E-state index in [-0.39, 0.29) is 11.8 Å². The SMILES string of the molecule is Oc1ccc2c(c1)OCC2Nc1ccc2cn[nH]c2c1. The molecule has 1 aliphatic rings. The van der Waals surface area contributed by atoms with Crippen LogP contribution in [0.3, 0.4) is 0 Å². The molecule has 2 aromatic carbocycles. The second-order valence-electron chi connectivity index (χ2n) is 4.90. The highest BCUT2D eigenvalue weighted by molar-refractivity contribution is 5.81. The summed E-state index contributed by atoms with van der Waals surface area (Å²) in [6, 6.07) is 11.4. The quantitative estimate of drug-likeness (QED) is 0.667. The Kier molecular flexibility index (Phi) is 2.32. The molecule has 4 rings (SSSR count). The number of H-pyrrole nitrogens is 1. The molecule has 0 saturated carbocycles. The fraction of sp³-hybridized carbons (Fsp3) is 0.133. The zero-order chi connectivity index (χ0) is 13.5. The van der Waals surface area contributed by atoms with Crippen LogP contribution in [-0.2, 0) is 0 Å². The van der Waals surface area contributed by atoms with Crippen molar-refractivity contribution in [2.24, 2.45) is 0 Å². The number of hydrogen-bond donors (Lipinski definition) is 3. The van der Waals surface area contributed by atoms with Crippen molar-refractivity contribution in [3.8, 4) is 11.5 Å². The van der Waals surface area contributed by atoms with E-state index >= 15 is 0 Å². The third kappa shape index (κ3) is 1.75. The van der Waals surface area contributed by atoms with Crippen molar-refractivity contribution in [2.45, 2.75) is 6.04 Å². The molecule has 0 bridgehead atoms. The van der Waals surface area contributed by atoms with Crippen LogP contribution in [0, 0.1) is 0 Å². The second-order valence-corrected chi connectivity index (χ2v) is 4.90. The Balaban J connectivity index is 1.64. The molecule has 1 aliphatic heterocycles. The van der Waals surface area contributed by atoms with Crippen molar-refractivity contribution >= 4 is 16.6 Å². The van der Waals surface area contributed by atoms with Gasteiger partial charge in [-0.1, -0.05) is 0 Å². The van der Waals surface area contributed by atoms with Gasteiger partial charge in [0.15, 0.2) is 0 Å². The van der Waals surface area contributed by atoms with E-state index in [0.29, 0.717) is 6.61 Å². The first kappa shape index (κ1) is 11.2. The van der Waals surface area contributed by atoms with E-state index in [0.717, 1.165) is 27.9 Å². The topological polar surface area (TPSA) is 70.2 Å². The summed E-state index contributed by atoms with van der Waals surface area (Å²) in [4.78, 5) is 0. The summed E-state index contributed by atoms with van der Waals surface area (Å²) in [5.41, 5.74) is 3.07. The first-order valence-electron chi connectivity index (χ1n) is 6.45. The van der Waals surface area contributed by atoms with E-state index in [9.17, 15) is 5.11 Å². The predicted octanol–water partition coefficient (Wildman–Crippen LogP) is 2.81. The van der Waals surface area contributed by atoms with Crippen molar-refractivity contribution < 1.29 is 9.84 Å². The molecule has 0 saturated heterocycles. The summed E-state index contributed by atoms with van der Waals surface area (Å²) in [6.45, 7) is 0.555. The highest BCUT2D eigenvalue weighted by Gasteiger charge is 2.24. The van der Waals surface area contributed by atoms with Crippen molar-refractivity contribution in [3.63, 3.8) is 0 Å². The van der Waals surface area contributed by atoms with Gasteiger partial charge >= 0.3 is 0 Å². The third-order valence-corrected chi connectivity index (χ3v) is 3.56. The standard InChI is InChI=1S/C15H13N3O2/c19-11-3-4-12-14(8-20-15(12)6-11)17-10-2-1-9-7-16-18-13(9)5-10/h1-7,14,17,19H,8H2,(H,16,18). The number of ether oxygens (including phenoxy) is 1. The fourth-order valence-electron chi connectivity index (χ4n) is 2.55. The Morgan fingerprint density at radius 1 is 1.25 bits per heavy atom. The number of benzene rings is 2. The van der Waals surface area contributed by atoms with Crippen molar-refractivity contribution in [1.82, 2.24) is 10.2 Å². The minimum Gasteiger partial charge on any atom is -0.508 e. The smallest absolute Gasteiger partial charge is 0.128 e. The molecule has 3 N–H and O–H groups in total. The van der Waals surface area contributed by atoms with E-state index in [1.807, 2.05) is 24.3 Å². The zero-order valence-electron chi connectivity index (χ0n) is 10.6. The third-order valence-electron chi connectivity index (χ3n) is 3.56. The van der Waals surface area contributed by atoms with E-state index < -0.39 is 0 Å². The molecule has 20 heavy (non-hydrogen) atoms. The lowest BCUT2D eigenvalue weighted by atomic mass is 10.1. The summed E-state index contributed by atoms with van der Waals surface area (Å²) >= 11 is 0. The van der Waals surface area contributed by atoms with Gasteiger partial charge in [-0.05, 0) is 30.3 Å². The number of aromatic nitrogens is 2. The van der Waals surface area contributed by atoms with Crippen molar-refractivity contribution in [2.75, 3.05) is 11.9 Å². The number of anilines is 1. The van der Waals surface area contributed by atoms with Gasteiger partial charge in [0, 0.05) is 22.7 Å². The number of nitrogens with one attached hydrogen (secondary N) is 2. The molecule has 5 heteroatoms. The van der Waals surface area contributed by atoms with Crippen LogP contribution in [0.1, 0.15) is 11.6 Å². The number of fused-ring (bicyclic) bond motifs is 2. The first-order chi connectivity index (χ1) is 9.79. The van der Waals surface area contributed by atoms with Gasteiger partial charge in [0.25, 0.3) is 0 Å². The highest BCUT2D eigenvalue weighted by Crippen LogP contribution is 2.36. The average molecular weight is 267 g/mol. The Bertz CT molecular complexity index is 782. The van der Waals surface area contributed by atoms with Crippen molar-refractivity contribution in [1.29, 1.82) is 0 Å². The first-order valence-corrected chi connectivity index (χ1v) is 6.45. The molecule has 1 unspecified atom stereocenters. The van der Waals surface area contributed by atoms with Gasteiger partial charge in [-0.3, -0.25) is 5.10 Å². The van der Waals surface area contributed by atoms with E-state index in [2.05, 4.69) is 15.5 Å². The lowest BCUT2D eigenvalue weighted by Crippen LogP contribution is -2.11. The molecule has 1 aromatic heterocycles. The Hall–Kier alpha value is -2.69. The molecule has 1 atom stereocenters. The molecule has 5 nitrogen and oxygen atoms in total. The van der Waals surface area contributed by atoms with Crippen LogP contribution < -0.4 is 10.1 Å². The summed E-state index contributed by atoms with van der Waals surface area (Å²) in [7, 11) is 0. The summed E-state index contributed by atoms with van der Waals surface area (Å²) in [5.74, 6) is 0.966. The zero-order valence-corrected chi connectivity index (χ0v) is 10.6. The minimum absolute atomic E-state index is 0.0889.